The predicted octanol–water partition coefficient (Wildman–Crippen LogP) is 4.44. The number of hydrogen-bond acceptors (Lipinski definition) is 0. The Labute approximate surface area is 95.0 Å². The average molecular weight is 218 g/mol. The first-order valence-electron chi connectivity index (χ1n) is 5.67. The van der Waals surface area contributed by atoms with E-state index in [0.29, 0.717) is 0 Å². The van der Waals surface area contributed by atoms with Gasteiger partial charge >= 0.3 is 0 Å². The molecule has 0 atom stereocenters. The lowest BCUT2D eigenvalue weighted by molar-refractivity contribution is 1.25. The molecule has 0 spiro atoms. The summed E-state index contributed by atoms with van der Waals surface area (Å²) >= 11 is 0. The smallest absolute Gasteiger partial charge is 0.0555 e. The van der Waals surface area contributed by atoms with Crippen molar-refractivity contribution in [3.05, 3.63) is 47.5 Å². The Hall–Kier alpha value is -0.823. The van der Waals surface area contributed by atoms with Crippen molar-refractivity contribution in [3.63, 3.8) is 0 Å². The fourth-order valence-electron chi connectivity index (χ4n) is 1.70. The highest BCUT2D eigenvalue weighted by atomic mass is 28.3. The summed E-state index contributed by atoms with van der Waals surface area (Å²) in [6.07, 6.45) is 2.40. The van der Waals surface area contributed by atoms with E-state index in [1.807, 2.05) is 0 Å². The first-order valence-corrected chi connectivity index (χ1v) is 9.08. The van der Waals surface area contributed by atoms with Crippen LogP contribution in [0.15, 0.2) is 42.0 Å². The minimum Gasteiger partial charge on any atom is -0.0885 e. The molecule has 0 aliphatic carbocycles. The molecule has 0 radical (unpaired) electrons. The van der Waals surface area contributed by atoms with E-state index in [0.717, 1.165) is 0 Å². The molecule has 0 nitrogen and oxygen atoms in total. The maximum absolute atomic E-state index is 2.47. The molecule has 82 valence electrons. The molecule has 0 aliphatic rings. The molecule has 0 unspecified atom stereocenters. The monoisotopic (exact) mass is 218 g/mol. The van der Waals surface area contributed by atoms with Crippen molar-refractivity contribution in [2.75, 3.05) is 0 Å². The summed E-state index contributed by atoms with van der Waals surface area (Å²) in [7, 11) is -1.08. The first kappa shape index (κ1) is 12.2. The van der Waals surface area contributed by atoms with Crippen molar-refractivity contribution < 1.29 is 0 Å². The molecule has 0 saturated heterocycles. The zero-order valence-corrected chi connectivity index (χ0v) is 11.4. The molecule has 1 heteroatoms. The second-order valence-corrected chi connectivity index (χ2v) is 10.4. The summed E-state index contributed by atoms with van der Waals surface area (Å²) in [5, 5.41) is 0. The highest BCUT2D eigenvalue weighted by Crippen LogP contribution is 2.17. The Morgan fingerprint density at radius 2 is 1.73 bits per heavy atom. The van der Waals surface area contributed by atoms with Crippen molar-refractivity contribution in [1.82, 2.24) is 0 Å². The van der Waals surface area contributed by atoms with Gasteiger partial charge in [0.05, 0.1) is 8.07 Å². The molecule has 1 rings (SSSR count). The van der Waals surface area contributed by atoms with Crippen molar-refractivity contribution in [2.45, 2.75) is 39.0 Å². The minimum absolute atomic E-state index is 1.08. The predicted molar refractivity (Wildman–Crippen MR) is 71.9 cm³/mol. The average Bonchev–Trinajstić information content (AvgIpc) is 2.16. The van der Waals surface area contributed by atoms with Crippen LogP contribution in [0.4, 0.5) is 0 Å². The van der Waals surface area contributed by atoms with Gasteiger partial charge in [-0.2, -0.15) is 0 Å². The molecule has 0 aromatic heterocycles. The van der Waals surface area contributed by atoms with Gasteiger partial charge in [-0.1, -0.05) is 60.6 Å². The van der Waals surface area contributed by atoms with Crippen LogP contribution in [0, 0.1) is 0 Å². The van der Waals surface area contributed by atoms with Crippen molar-refractivity contribution in [2.24, 2.45) is 0 Å². The fraction of sp³-hybridized carbons (Fsp3) is 0.429. The van der Waals surface area contributed by atoms with Crippen LogP contribution in [-0.4, -0.2) is 8.07 Å². The van der Waals surface area contributed by atoms with Crippen LogP contribution in [0.2, 0.25) is 19.1 Å². The first-order chi connectivity index (χ1) is 6.99. The third kappa shape index (κ3) is 4.98. The molecular weight excluding hydrogens is 196 g/mol. The van der Waals surface area contributed by atoms with Gasteiger partial charge in [-0.3, -0.25) is 0 Å². The molecular formula is C14H22Si. The molecule has 0 fully saturated rings. The van der Waals surface area contributed by atoms with Crippen LogP contribution < -0.4 is 0 Å². The molecule has 0 aliphatic heterocycles. The highest BCUT2D eigenvalue weighted by molar-refractivity contribution is 6.77. The number of rotatable bonds is 4. The van der Waals surface area contributed by atoms with E-state index < -0.39 is 8.07 Å². The SMILES string of the molecule is CC(C)=CC[Si](C)(C)Cc1ccccc1. The maximum atomic E-state index is 2.47. The summed E-state index contributed by atoms with van der Waals surface area (Å²) < 4.78 is 0. The summed E-state index contributed by atoms with van der Waals surface area (Å²) in [5.41, 5.74) is 2.94. The summed E-state index contributed by atoms with van der Waals surface area (Å²) in [4.78, 5) is 0. The van der Waals surface area contributed by atoms with Gasteiger partial charge in [-0.05, 0) is 25.9 Å². The Bertz CT molecular complexity index is 318. The van der Waals surface area contributed by atoms with Gasteiger partial charge in [-0.25, -0.2) is 0 Å². The quantitative estimate of drug-likeness (QED) is 0.517. The molecule has 0 amide bonds. The van der Waals surface area contributed by atoms with Crippen molar-refractivity contribution in [3.8, 4) is 0 Å². The van der Waals surface area contributed by atoms with E-state index in [4.69, 9.17) is 0 Å². The Kier molecular flexibility index (Phi) is 4.34. The van der Waals surface area contributed by atoms with E-state index in [1.165, 1.54) is 23.2 Å². The third-order valence-electron chi connectivity index (χ3n) is 2.59. The van der Waals surface area contributed by atoms with Gasteiger partial charge in [0.1, 0.15) is 0 Å². The zero-order chi connectivity index (χ0) is 11.3. The minimum atomic E-state index is -1.08. The third-order valence-corrected chi connectivity index (χ3v) is 5.26. The normalized spacial score (nSPS) is 11.2. The summed E-state index contributed by atoms with van der Waals surface area (Å²) in [6.45, 7) is 9.32. The van der Waals surface area contributed by atoms with Crippen LogP contribution in [0.5, 0.6) is 0 Å². The van der Waals surface area contributed by atoms with Crippen molar-refractivity contribution >= 4 is 8.07 Å². The maximum Gasteiger partial charge on any atom is 0.0555 e. The summed E-state index contributed by atoms with van der Waals surface area (Å²) in [6, 6.07) is 13.5. The van der Waals surface area contributed by atoms with E-state index in [-0.39, 0.29) is 0 Å². The van der Waals surface area contributed by atoms with Gasteiger partial charge in [0.15, 0.2) is 0 Å². The van der Waals surface area contributed by atoms with Crippen molar-refractivity contribution in [1.29, 1.82) is 0 Å². The summed E-state index contributed by atoms with van der Waals surface area (Å²) in [5.74, 6) is 0. The Morgan fingerprint density at radius 1 is 1.13 bits per heavy atom. The van der Waals surface area contributed by atoms with E-state index >= 15 is 0 Å². The standard InChI is InChI=1S/C14H22Si/c1-13(2)10-11-15(3,4)12-14-8-6-5-7-9-14/h5-10H,11-12H2,1-4H3. The Morgan fingerprint density at radius 3 is 2.27 bits per heavy atom. The fourth-order valence-corrected chi connectivity index (χ4v) is 4.15. The molecule has 0 bridgehead atoms. The number of benzene rings is 1. The van der Waals surface area contributed by atoms with Gasteiger partial charge in [0.25, 0.3) is 0 Å². The van der Waals surface area contributed by atoms with Crippen LogP contribution in [0.1, 0.15) is 19.4 Å². The zero-order valence-electron chi connectivity index (χ0n) is 10.4. The second kappa shape index (κ2) is 5.31. The van der Waals surface area contributed by atoms with E-state index in [9.17, 15) is 0 Å². The molecule has 1 aromatic rings. The molecule has 0 saturated carbocycles. The van der Waals surface area contributed by atoms with Gasteiger partial charge < -0.3 is 0 Å². The largest absolute Gasteiger partial charge is 0.0885 e. The second-order valence-electron chi connectivity index (χ2n) is 5.31. The molecule has 15 heavy (non-hydrogen) atoms. The molecule has 0 heterocycles. The highest BCUT2D eigenvalue weighted by Gasteiger charge is 2.19. The van der Waals surface area contributed by atoms with Crippen LogP contribution in [-0.2, 0) is 6.04 Å². The van der Waals surface area contributed by atoms with Gasteiger partial charge in [-0.15, -0.1) is 0 Å². The number of allylic oxidation sites excluding steroid dienone is 2. The van der Waals surface area contributed by atoms with E-state index in [1.54, 1.807) is 0 Å². The van der Waals surface area contributed by atoms with Gasteiger partial charge in [0, 0.05) is 0 Å². The van der Waals surface area contributed by atoms with Crippen LogP contribution in [0.25, 0.3) is 0 Å². The van der Waals surface area contributed by atoms with Gasteiger partial charge in [0.2, 0.25) is 0 Å². The lowest BCUT2D eigenvalue weighted by Crippen LogP contribution is -2.28. The van der Waals surface area contributed by atoms with Crippen LogP contribution in [0.3, 0.4) is 0 Å². The lowest BCUT2D eigenvalue weighted by atomic mass is 10.2. The molecule has 0 N–H and O–H groups in total. The topological polar surface area (TPSA) is 0 Å². The van der Waals surface area contributed by atoms with Crippen LogP contribution >= 0.6 is 0 Å². The van der Waals surface area contributed by atoms with E-state index in [2.05, 4.69) is 63.3 Å². The Balaban J connectivity index is 2.60. The lowest BCUT2D eigenvalue weighted by Gasteiger charge is -2.20. The molecule has 1 aromatic carbocycles. The number of hydrogen-bond donors (Lipinski definition) is 0.